The zero-order valence-electron chi connectivity index (χ0n) is 10.6. The SMILES string of the molecule is C=C[c-]1cccc1-c1ccccc1.[Fe].[cH-]1[cH-][cH-][cH-][cH-]1. The molecule has 0 radical (unpaired) electrons. The number of hydrogen-bond acceptors (Lipinski definition) is 0. The number of rotatable bonds is 2. The van der Waals surface area contributed by atoms with Crippen LogP contribution in [0.4, 0.5) is 0 Å². The average Bonchev–Trinajstić information content (AvgIpc) is 3.13. The molecule has 1 heteroatoms. The molecule has 0 aliphatic heterocycles. The van der Waals surface area contributed by atoms with Gasteiger partial charge in [0, 0.05) is 17.1 Å². The van der Waals surface area contributed by atoms with E-state index in [9.17, 15) is 0 Å². The van der Waals surface area contributed by atoms with E-state index in [-0.39, 0.29) is 17.1 Å². The molecule has 102 valence electrons. The molecule has 0 spiro atoms. The fourth-order valence-corrected chi connectivity index (χ4v) is 1.81. The van der Waals surface area contributed by atoms with Crippen LogP contribution in [-0.2, 0) is 17.1 Å². The minimum absolute atomic E-state index is 0. The Bertz CT molecular complexity index is 542. The molecule has 0 N–H and O–H groups in total. The second-order valence-electron chi connectivity index (χ2n) is 3.93. The number of benzene rings is 1. The molecule has 0 aromatic heterocycles. The van der Waals surface area contributed by atoms with Crippen molar-refractivity contribution in [1.82, 2.24) is 0 Å². The van der Waals surface area contributed by atoms with E-state index in [1.54, 1.807) is 0 Å². The molecule has 0 saturated heterocycles. The van der Waals surface area contributed by atoms with Gasteiger partial charge in [-0.2, -0.15) is 18.7 Å². The molecule has 3 aromatic rings. The third-order valence-electron chi connectivity index (χ3n) is 2.71. The van der Waals surface area contributed by atoms with Crippen LogP contribution in [0.1, 0.15) is 5.56 Å². The van der Waals surface area contributed by atoms with Crippen molar-refractivity contribution >= 4 is 6.08 Å². The second kappa shape index (κ2) is 8.31. The van der Waals surface area contributed by atoms with Gasteiger partial charge in [0.1, 0.15) is 0 Å². The Morgan fingerprint density at radius 1 is 0.842 bits per heavy atom. The first-order chi connectivity index (χ1) is 8.92. The molecule has 0 fully saturated rings. The maximum absolute atomic E-state index is 3.79. The first-order valence-electron chi connectivity index (χ1n) is 6.02. The van der Waals surface area contributed by atoms with Gasteiger partial charge < -0.3 is 30.3 Å². The third-order valence-corrected chi connectivity index (χ3v) is 2.71. The van der Waals surface area contributed by atoms with Gasteiger partial charge in [-0.1, -0.05) is 41.5 Å². The maximum Gasteiger partial charge on any atom is 0 e. The molecule has 0 bridgehead atoms. The Hall–Kier alpha value is -1.82. The molecule has 3 aromatic carbocycles. The van der Waals surface area contributed by atoms with Gasteiger partial charge in [0.05, 0.1) is 0 Å². The van der Waals surface area contributed by atoms with Crippen LogP contribution in [0.5, 0.6) is 0 Å². The van der Waals surface area contributed by atoms with E-state index in [1.807, 2.05) is 42.5 Å². The summed E-state index contributed by atoms with van der Waals surface area (Å²) < 4.78 is 0. The van der Waals surface area contributed by atoms with Crippen molar-refractivity contribution in [3.8, 4) is 11.1 Å². The Labute approximate surface area is 125 Å². The second-order valence-corrected chi connectivity index (χ2v) is 3.93. The quantitative estimate of drug-likeness (QED) is 0.453. The summed E-state index contributed by atoms with van der Waals surface area (Å²) in [6, 6.07) is 26.6. The molecule has 19 heavy (non-hydrogen) atoms. The largest absolute Gasteiger partial charge is 0.748 e. The summed E-state index contributed by atoms with van der Waals surface area (Å²) in [7, 11) is 0. The molecule has 0 aliphatic rings. The Morgan fingerprint density at radius 2 is 1.42 bits per heavy atom. The Balaban J connectivity index is 0.000000256. The molecule has 3 rings (SSSR count). The minimum atomic E-state index is 0. The van der Waals surface area contributed by atoms with Crippen molar-refractivity contribution in [2.45, 2.75) is 0 Å². The van der Waals surface area contributed by atoms with E-state index in [0.29, 0.717) is 0 Å². The van der Waals surface area contributed by atoms with Crippen LogP contribution in [0, 0.1) is 0 Å². The van der Waals surface area contributed by atoms with Crippen LogP contribution < -0.4 is 0 Å². The van der Waals surface area contributed by atoms with E-state index in [1.165, 1.54) is 16.7 Å². The van der Waals surface area contributed by atoms with E-state index in [0.717, 1.165) is 0 Å². The standard InChI is InChI=1S/C13H11.C5H5.Fe/c1-2-11-9-6-10-13(11)12-7-4-3-5-8-12;1-2-4-5-3-1;/h2-10H,1H2;1-5H;/q-1;-5;. The third kappa shape index (κ3) is 4.40. The molecule has 0 amide bonds. The summed E-state index contributed by atoms with van der Waals surface area (Å²) in [5.41, 5.74) is 3.71. The van der Waals surface area contributed by atoms with E-state index in [2.05, 4.69) is 49.0 Å². The first-order valence-corrected chi connectivity index (χ1v) is 6.02. The van der Waals surface area contributed by atoms with Crippen LogP contribution in [0.15, 0.2) is 85.4 Å². The summed E-state index contributed by atoms with van der Waals surface area (Å²) in [4.78, 5) is 0. The summed E-state index contributed by atoms with van der Waals surface area (Å²) in [5, 5.41) is 0. The monoisotopic (exact) mass is 288 g/mol. The van der Waals surface area contributed by atoms with Crippen LogP contribution in [0.3, 0.4) is 0 Å². The maximum atomic E-state index is 3.79. The normalized spacial score (nSPS) is 8.84. The van der Waals surface area contributed by atoms with Crippen molar-refractivity contribution in [3.63, 3.8) is 0 Å². The fraction of sp³-hybridized carbons (Fsp3) is 0. The molecule has 0 nitrogen and oxygen atoms in total. The van der Waals surface area contributed by atoms with Crippen molar-refractivity contribution in [2.75, 3.05) is 0 Å². The van der Waals surface area contributed by atoms with Crippen LogP contribution in [0.25, 0.3) is 17.2 Å². The predicted octanol–water partition coefficient (Wildman–Crippen LogP) is 5.12. The van der Waals surface area contributed by atoms with Gasteiger partial charge in [-0.15, -0.1) is 17.7 Å². The van der Waals surface area contributed by atoms with E-state index in [4.69, 9.17) is 0 Å². The van der Waals surface area contributed by atoms with Gasteiger partial charge in [0.25, 0.3) is 0 Å². The molecule has 0 aliphatic carbocycles. The molecule has 0 atom stereocenters. The van der Waals surface area contributed by atoms with Gasteiger partial charge >= 0.3 is 0 Å². The van der Waals surface area contributed by atoms with Crippen molar-refractivity contribution in [3.05, 3.63) is 91.0 Å². The van der Waals surface area contributed by atoms with Gasteiger partial charge in [-0.3, -0.25) is 0 Å². The molecule has 0 heterocycles. The topological polar surface area (TPSA) is 0 Å². The minimum Gasteiger partial charge on any atom is -0.748 e. The van der Waals surface area contributed by atoms with Gasteiger partial charge in [-0.25, -0.2) is 0 Å². The zero-order chi connectivity index (χ0) is 12.6. The summed E-state index contributed by atoms with van der Waals surface area (Å²) in [6.07, 6.45) is 1.89. The zero-order valence-corrected chi connectivity index (χ0v) is 11.7. The van der Waals surface area contributed by atoms with Crippen molar-refractivity contribution in [2.24, 2.45) is 0 Å². The molecular weight excluding hydrogens is 272 g/mol. The Morgan fingerprint density at radius 3 is 1.95 bits per heavy atom. The van der Waals surface area contributed by atoms with Crippen LogP contribution in [0.2, 0.25) is 0 Å². The van der Waals surface area contributed by atoms with Crippen molar-refractivity contribution < 1.29 is 17.1 Å². The van der Waals surface area contributed by atoms with Crippen LogP contribution >= 0.6 is 0 Å². The number of hydrogen-bond donors (Lipinski definition) is 0. The Kier molecular flexibility index (Phi) is 6.67. The first kappa shape index (κ1) is 15.2. The van der Waals surface area contributed by atoms with Gasteiger partial charge in [-0.05, 0) is 0 Å². The smallest absolute Gasteiger partial charge is 0 e. The molecule has 0 unspecified atom stereocenters. The summed E-state index contributed by atoms with van der Waals surface area (Å²) in [6.45, 7) is 3.79. The van der Waals surface area contributed by atoms with Gasteiger partial charge in [0.15, 0.2) is 0 Å². The van der Waals surface area contributed by atoms with E-state index < -0.39 is 0 Å². The van der Waals surface area contributed by atoms with Gasteiger partial charge in [0.2, 0.25) is 0 Å². The van der Waals surface area contributed by atoms with E-state index >= 15 is 0 Å². The summed E-state index contributed by atoms with van der Waals surface area (Å²) in [5.74, 6) is 0. The molecular formula is C18H16Fe-6. The average molecular weight is 288 g/mol. The summed E-state index contributed by atoms with van der Waals surface area (Å²) >= 11 is 0. The fourth-order valence-electron chi connectivity index (χ4n) is 1.81. The van der Waals surface area contributed by atoms with Crippen LogP contribution in [-0.4, -0.2) is 0 Å². The molecule has 0 saturated carbocycles. The van der Waals surface area contributed by atoms with Crippen molar-refractivity contribution in [1.29, 1.82) is 0 Å². The predicted molar refractivity (Wildman–Crippen MR) is 79.6 cm³/mol.